The molecule has 0 radical (unpaired) electrons. The lowest BCUT2D eigenvalue weighted by Crippen LogP contribution is -2.18. The highest BCUT2D eigenvalue weighted by Gasteiger charge is 2.16. The van der Waals surface area contributed by atoms with Crippen molar-refractivity contribution in [1.29, 1.82) is 0 Å². The molecule has 0 spiro atoms. The number of hydrogen-bond donors (Lipinski definition) is 1. The van der Waals surface area contributed by atoms with Crippen molar-refractivity contribution in [2.75, 3.05) is 11.4 Å². The molecule has 0 saturated heterocycles. The van der Waals surface area contributed by atoms with Crippen molar-refractivity contribution in [3.8, 4) is 0 Å². The quantitative estimate of drug-likeness (QED) is 0.871. The van der Waals surface area contributed by atoms with Gasteiger partial charge in [0.05, 0.1) is 6.10 Å². The molecule has 0 fully saturated rings. The van der Waals surface area contributed by atoms with Crippen LogP contribution in [0, 0.1) is 5.82 Å². The Labute approximate surface area is 119 Å². The van der Waals surface area contributed by atoms with Crippen LogP contribution in [0.5, 0.6) is 0 Å². The van der Waals surface area contributed by atoms with Gasteiger partial charge < -0.3 is 10.0 Å². The minimum absolute atomic E-state index is 0.255. The number of para-hydroxylation sites is 1. The van der Waals surface area contributed by atoms with Crippen molar-refractivity contribution in [3.05, 3.63) is 59.9 Å². The summed E-state index contributed by atoms with van der Waals surface area (Å²) in [5.74, 6) is -0.255. The largest absolute Gasteiger partial charge is 0.388 e. The molecule has 0 saturated carbocycles. The highest BCUT2D eigenvalue weighted by molar-refractivity contribution is 5.66. The van der Waals surface area contributed by atoms with Crippen LogP contribution in [0.1, 0.15) is 31.9 Å². The third kappa shape index (κ3) is 2.99. The van der Waals surface area contributed by atoms with Gasteiger partial charge in [0.15, 0.2) is 0 Å². The average Bonchev–Trinajstić information content (AvgIpc) is 2.48. The average molecular weight is 273 g/mol. The van der Waals surface area contributed by atoms with E-state index in [1.165, 1.54) is 12.1 Å². The van der Waals surface area contributed by atoms with Crippen LogP contribution in [-0.4, -0.2) is 11.7 Å². The number of benzene rings is 2. The SMILES string of the molecule is CC[C@H](O)c1ccccc1N(CC)c1cccc(F)c1. The van der Waals surface area contributed by atoms with Crippen molar-refractivity contribution < 1.29 is 9.50 Å². The zero-order valence-corrected chi connectivity index (χ0v) is 11.9. The van der Waals surface area contributed by atoms with E-state index in [1.54, 1.807) is 6.07 Å². The molecule has 0 amide bonds. The van der Waals surface area contributed by atoms with Gasteiger partial charge in [0.2, 0.25) is 0 Å². The van der Waals surface area contributed by atoms with Crippen molar-refractivity contribution >= 4 is 11.4 Å². The van der Waals surface area contributed by atoms with Crippen molar-refractivity contribution in [3.63, 3.8) is 0 Å². The molecular weight excluding hydrogens is 253 g/mol. The zero-order valence-electron chi connectivity index (χ0n) is 11.9. The number of rotatable bonds is 5. The van der Waals surface area contributed by atoms with Crippen LogP contribution < -0.4 is 4.90 Å². The molecule has 1 N–H and O–H groups in total. The van der Waals surface area contributed by atoms with Gasteiger partial charge in [-0.1, -0.05) is 31.2 Å². The van der Waals surface area contributed by atoms with E-state index in [-0.39, 0.29) is 5.82 Å². The van der Waals surface area contributed by atoms with E-state index in [4.69, 9.17) is 0 Å². The number of halogens is 1. The van der Waals surface area contributed by atoms with Gasteiger partial charge in [0.25, 0.3) is 0 Å². The maximum atomic E-state index is 13.4. The minimum Gasteiger partial charge on any atom is -0.388 e. The van der Waals surface area contributed by atoms with Gasteiger partial charge in [-0.3, -0.25) is 0 Å². The molecule has 2 rings (SSSR count). The maximum absolute atomic E-state index is 13.4. The Morgan fingerprint density at radius 1 is 1.10 bits per heavy atom. The second kappa shape index (κ2) is 6.53. The second-order valence-electron chi connectivity index (χ2n) is 4.71. The molecule has 0 bridgehead atoms. The summed E-state index contributed by atoms with van der Waals surface area (Å²) in [5.41, 5.74) is 2.60. The van der Waals surface area contributed by atoms with Gasteiger partial charge in [0.1, 0.15) is 5.82 Å². The molecule has 2 aromatic rings. The lowest BCUT2D eigenvalue weighted by Gasteiger charge is -2.27. The molecule has 0 heterocycles. The second-order valence-corrected chi connectivity index (χ2v) is 4.71. The van der Waals surface area contributed by atoms with E-state index in [2.05, 4.69) is 0 Å². The molecule has 0 unspecified atom stereocenters. The number of nitrogens with zero attached hydrogens (tertiary/aromatic N) is 1. The third-order valence-corrected chi connectivity index (χ3v) is 3.41. The summed E-state index contributed by atoms with van der Waals surface area (Å²) in [4.78, 5) is 2.01. The van der Waals surface area contributed by atoms with Crippen LogP contribution in [0.15, 0.2) is 48.5 Å². The van der Waals surface area contributed by atoms with Gasteiger partial charge in [-0.2, -0.15) is 0 Å². The molecular formula is C17H20FNO. The Bertz CT molecular complexity index is 570. The Morgan fingerprint density at radius 2 is 1.85 bits per heavy atom. The fraction of sp³-hybridized carbons (Fsp3) is 0.294. The summed E-state index contributed by atoms with van der Waals surface area (Å²) in [5, 5.41) is 10.2. The third-order valence-electron chi connectivity index (χ3n) is 3.41. The first-order chi connectivity index (χ1) is 9.67. The normalized spacial score (nSPS) is 12.2. The fourth-order valence-electron chi connectivity index (χ4n) is 2.37. The first-order valence-corrected chi connectivity index (χ1v) is 6.97. The van der Waals surface area contributed by atoms with Crippen molar-refractivity contribution in [1.82, 2.24) is 0 Å². The number of aliphatic hydroxyl groups is 1. The van der Waals surface area contributed by atoms with E-state index in [0.717, 1.165) is 16.9 Å². The smallest absolute Gasteiger partial charge is 0.125 e. The standard InChI is InChI=1S/C17H20FNO/c1-3-17(20)15-10-5-6-11-16(15)19(4-2)14-9-7-8-13(18)12-14/h5-12,17,20H,3-4H2,1-2H3/t17-/m0/s1. The monoisotopic (exact) mass is 273 g/mol. The molecule has 1 atom stereocenters. The van der Waals surface area contributed by atoms with Gasteiger partial charge in [0, 0.05) is 23.5 Å². The first-order valence-electron chi connectivity index (χ1n) is 6.97. The highest BCUT2D eigenvalue weighted by atomic mass is 19.1. The Hall–Kier alpha value is -1.87. The number of aliphatic hydroxyl groups excluding tert-OH is 1. The summed E-state index contributed by atoms with van der Waals surface area (Å²) in [6, 6.07) is 14.3. The molecule has 0 aliphatic heterocycles. The van der Waals surface area contributed by atoms with Crippen LogP contribution in [0.2, 0.25) is 0 Å². The molecule has 2 nitrogen and oxygen atoms in total. The Kier molecular flexibility index (Phi) is 4.74. The maximum Gasteiger partial charge on any atom is 0.125 e. The Morgan fingerprint density at radius 3 is 2.50 bits per heavy atom. The van der Waals surface area contributed by atoms with Crippen LogP contribution in [-0.2, 0) is 0 Å². The lowest BCUT2D eigenvalue weighted by molar-refractivity contribution is 0.174. The van der Waals surface area contributed by atoms with Crippen LogP contribution >= 0.6 is 0 Å². The predicted molar refractivity (Wildman–Crippen MR) is 80.8 cm³/mol. The zero-order chi connectivity index (χ0) is 14.5. The minimum atomic E-state index is -0.506. The van der Waals surface area contributed by atoms with Crippen LogP contribution in [0.3, 0.4) is 0 Å². The van der Waals surface area contributed by atoms with Crippen LogP contribution in [0.25, 0.3) is 0 Å². The molecule has 20 heavy (non-hydrogen) atoms. The van der Waals surface area contributed by atoms with E-state index in [9.17, 15) is 9.50 Å². The molecule has 106 valence electrons. The van der Waals surface area contributed by atoms with Crippen molar-refractivity contribution in [2.24, 2.45) is 0 Å². The summed E-state index contributed by atoms with van der Waals surface area (Å²) in [7, 11) is 0. The van der Waals surface area contributed by atoms with E-state index in [1.807, 2.05) is 49.1 Å². The molecule has 0 aliphatic carbocycles. The van der Waals surface area contributed by atoms with Crippen LogP contribution in [0.4, 0.5) is 15.8 Å². The number of anilines is 2. The molecule has 2 aromatic carbocycles. The Balaban J connectivity index is 2.47. The van der Waals surface area contributed by atoms with Gasteiger partial charge in [-0.15, -0.1) is 0 Å². The summed E-state index contributed by atoms with van der Waals surface area (Å²) in [6.07, 6.45) is 0.145. The highest BCUT2D eigenvalue weighted by Crippen LogP contribution is 2.33. The topological polar surface area (TPSA) is 23.5 Å². The van der Waals surface area contributed by atoms with E-state index < -0.39 is 6.10 Å². The predicted octanol–water partition coefficient (Wildman–Crippen LogP) is 4.43. The van der Waals surface area contributed by atoms with Gasteiger partial charge >= 0.3 is 0 Å². The van der Waals surface area contributed by atoms with Gasteiger partial charge in [-0.25, -0.2) is 4.39 Å². The van der Waals surface area contributed by atoms with E-state index >= 15 is 0 Å². The van der Waals surface area contributed by atoms with Gasteiger partial charge in [-0.05, 0) is 37.6 Å². The molecule has 3 heteroatoms. The fourth-order valence-corrected chi connectivity index (χ4v) is 2.37. The summed E-state index contributed by atoms with van der Waals surface area (Å²) in [6.45, 7) is 4.66. The first kappa shape index (κ1) is 14.5. The molecule has 0 aliphatic rings. The summed E-state index contributed by atoms with van der Waals surface area (Å²) < 4.78 is 13.4. The van der Waals surface area contributed by atoms with E-state index in [0.29, 0.717) is 13.0 Å². The summed E-state index contributed by atoms with van der Waals surface area (Å²) >= 11 is 0. The number of hydrogen-bond acceptors (Lipinski definition) is 2. The molecule has 0 aromatic heterocycles. The van der Waals surface area contributed by atoms with Crippen molar-refractivity contribution in [2.45, 2.75) is 26.4 Å². The lowest BCUT2D eigenvalue weighted by atomic mass is 10.0.